The van der Waals surface area contributed by atoms with E-state index in [1.165, 1.54) is 12.1 Å². The number of ether oxygens (including phenoxy) is 1. The molecule has 41 heavy (non-hydrogen) atoms. The van der Waals surface area contributed by atoms with Gasteiger partial charge in [0.25, 0.3) is 11.6 Å². The summed E-state index contributed by atoms with van der Waals surface area (Å²) < 4.78 is 5.42. The predicted octanol–water partition coefficient (Wildman–Crippen LogP) is 3.66. The highest BCUT2D eigenvalue weighted by molar-refractivity contribution is 5.97. The Kier molecular flexibility index (Phi) is 10.0. The Morgan fingerprint density at radius 1 is 1.07 bits per heavy atom. The van der Waals surface area contributed by atoms with Crippen LogP contribution in [0.4, 0.5) is 5.69 Å². The van der Waals surface area contributed by atoms with Gasteiger partial charge < -0.3 is 20.7 Å². The average Bonchev–Trinajstić information content (AvgIpc) is 2.99. The molecule has 0 bridgehead atoms. The molecule has 0 saturated carbocycles. The number of hydrogen-bond donors (Lipinski definition) is 2. The lowest BCUT2D eigenvalue weighted by molar-refractivity contribution is -0.384. The standard InChI is InChI=1S/C31H37N5O5/c1-22-6-10-25(11-7-22)31(38)35-17-14-27(19-29(35)30(37)33-16-15-32)34(21-24-4-3-5-28(18-24)41-2)20-23-8-12-26(13-9-23)36(39)40/h3-13,18,27,29H,14-17,19-21,32H2,1-2H3,(H,33,37)/t27?,29-/m1/s1. The third kappa shape index (κ3) is 7.68. The molecule has 0 aliphatic carbocycles. The van der Waals surface area contributed by atoms with Gasteiger partial charge in [-0.3, -0.25) is 24.6 Å². The highest BCUT2D eigenvalue weighted by Crippen LogP contribution is 2.28. The Bertz CT molecular complexity index is 1350. The molecule has 0 spiro atoms. The van der Waals surface area contributed by atoms with Gasteiger partial charge in [-0.15, -0.1) is 0 Å². The fraction of sp³-hybridized carbons (Fsp3) is 0.355. The fourth-order valence-corrected chi connectivity index (χ4v) is 5.22. The number of carbonyl (C=O) groups is 2. The van der Waals surface area contributed by atoms with Crippen molar-refractivity contribution in [3.63, 3.8) is 0 Å². The van der Waals surface area contributed by atoms with E-state index in [1.54, 1.807) is 36.3 Å². The van der Waals surface area contributed by atoms with Crippen molar-refractivity contribution >= 4 is 17.5 Å². The van der Waals surface area contributed by atoms with Crippen molar-refractivity contribution in [2.24, 2.45) is 5.73 Å². The summed E-state index contributed by atoms with van der Waals surface area (Å²) in [5.74, 6) is 0.346. The molecule has 1 aliphatic heterocycles. The number of carbonyl (C=O) groups excluding carboxylic acids is 2. The zero-order chi connectivity index (χ0) is 29.4. The van der Waals surface area contributed by atoms with Gasteiger partial charge in [-0.25, -0.2) is 0 Å². The maximum Gasteiger partial charge on any atom is 0.269 e. The van der Waals surface area contributed by atoms with Gasteiger partial charge in [-0.1, -0.05) is 42.0 Å². The molecule has 1 unspecified atom stereocenters. The Hall–Kier alpha value is -4.28. The molecule has 4 rings (SSSR count). The summed E-state index contributed by atoms with van der Waals surface area (Å²) in [7, 11) is 1.62. The summed E-state index contributed by atoms with van der Waals surface area (Å²) in [6, 6.07) is 21.0. The largest absolute Gasteiger partial charge is 0.497 e. The molecule has 10 nitrogen and oxygen atoms in total. The minimum absolute atomic E-state index is 0.0349. The lowest BCUT2D eigenvalue weighted by Gasteiger charge is -2.43. The SMILES string of the molecule is COc1cccc(CN(Cc2ccc([N+](=O)[O-])cc2)C2CCN(C(=O)c3ccc(C)cc3)[C@@H](C(=O)NCCN)C2)c1. The van der Waals surface area contributed by atoms with Crippen molar-refractivity contribution in [3.8, 4) is 5.75 Å². The van der Waals surface area contributed by atoms with Crippen molar-refractivity contribution in [2.75, 3.05) is 26.7 Å². The van der Waals surface area contributed by atoms with Gasteiger partial charge in [0.15, 0.2) is 0 Å². The van der Waals surface area contributed by atoms with E-state index in [-0.39, 0.29) is 23.5 Å². The van der Waals surface area contributed by atoms with Gasteiger partial charge >= 0.3 is 0 Å². The normalized spacial score (nSPS) is 16.8. The molecule has 2 amide bonds. The van der Waals surface area contributed by atoms with Gasteiger partial charge in [0, 0.05) is 56.5 Å². The molecule has 1 saturated heterocycles. The second-order valence-electron chi connectivity index (χ2n) is 10.3. The number of hydrogen-bond acceptors (Lipinski definition) is 7. The molecule has 10 heteroatoms. The number of aryl methyl sites for hydroxylation is 1. The first-order chi connectivity index (χ1) is 19.8. The molecule has 216 valence electrons. The molecule has 3 N–H and O–H groups in total. The van der Waals surface area contributed by atoms with Crippen LogP contribution in [-0.4, -0.2) is 65.4 Å². The molecule has 0 aromatic heterocycles. The number of nitro benzene ring substituents is 1. The van der Waals surface area contributed by atoms with Crippen LogP contribution in [0.3, 0.4) is 0 Å². The van der Waals surface area contributed by atoms with Gasteiger partial charge in [-0.2, -0.15) is 0 Å². The number of piperidine rings is 1. The first kappa shape index (κ1) is 29.7. The summed E-state index contributed by atoms with van der Waals surface area (Å²) in [6.07, 6.45) is 1.10. The molecule has 1 fully saturated rings. The summed E-state index contributed by atoms with van der Waals surface area (Å²) >= 11 is 0. The topological polar surface area (TPSA) is 131 Å². The van der Waals surface area contributed by atoms with E-state index in [0.29, 0.717) is 51.1 Å². The maximum absolute atomic E-state index is 13.6. The van der Waals surface area contributed by atoms with Crippen LogP contribution in [0, 0.1) is 17.0 Å². The first-order valence-corrected chi connectivity index (χ1v) is 13.7. The second-order valence-corrected chi connectivity index (χ2v) is 10.3. The number of methoxy groups -OCH3 is 1. The summed E-state index contributed by atoms with van der Waals surface area (Å²) in [4.78, 5) is 41.6. The van der Waals surface area contributed by atoms with Gasteiger partial charge in [0.1, 0.15) is 11.8 Å². The van der Waals surface area contributed by atoms with Crippen molar-refractivity contribution in [1.29, 1.82) is 0 Å². The van der Waals surface area contributed by atoms with Crippen LogP contribution in [0.25, 0.3) is 0 Å². The van der Waals surface area contributed by atoms with Crippen molar-refractivity contribution < 1.29 is 19.2 Å². The third-order valence-electron chi connectivity index (χ3n) is 7.45. The van der Waals surface area contributed by atoms with Crippen LogP contribution in [0.1, 0.15) is 39.9 Å². The number of nitrogens with one attached hydrogen (secondary N) is 1. The van der Waals surface area contributed by atoms with Crippen LogP contribution in [-0.2, 0) is 17.9 Å². The number of amides is 2. The van der Waals surface area contributed by atoms with E-state index in [0.717, 1.165) is 22.4 Å². The first-order valence-electron chi connectivity index (χ1n) is 13.7. The zero-order valence-corrected chi connectivity index (χ0v) is 23.5. The number of nitrogens with two attached hydrogens (primary N) is 1. The number of non-ortho nitro benzene ring substituents is 1. The molecule has 1 heterocycles. The highest BCUT2D eigenvalue weighted by atomic mass is 16.6. The maximum atomic E-state index is 13.6. The lowest BCUT2D eigenvalue weighted by atomic mass is 9.93. The van der Waals surface area contributed by atoms with Crippen LogP contribution < -0.4 is 15.8 Å². The van der Waals surface area contributed by atoms with Crippen LogP contribution in [0.15, 0.2) is 72.8 Å². The summed E-state index contributed by atoms with van der Waals surface area (Å²) in [5, 5.41) is 14.1. The highest BCUT2D eigenvalue weighted by Gasteiger charge is 2.38. The molecule has 3 aromatic rings. The van der Waals surface area contributed by atoms with Crippen molar-refractivity contribution in [2.45, 2.75) is 44.9 Å². The molecule has 3 aromatic carbocycles. The van der Waals surface area contributed by atoms with Crippen molar-refractivity contribution in [3.05, 3.63) is 105 Å². The van der Waals surface area contributed by atoms with Gasteiger partial charge in [0.2, 0.25) is 5.91 Å². The minimum Gasteiger partial charge on any atom is -0.497 e. The molecule has 2 atom stereocenters. The van der Waals surface area contributed by atoms with Crippen LogP contribution >= 0.6 is 0 Å². The van der Waals surface area contributed by atoms with Crippen molar-refractivity contribution in [1.82, 2.24) is 15.1 Å². The summed E-state index contributed by atoms with van der Waals surface area (Å²) in [5.41, 5.74) is 9.24. The Morgan fingerprint density at radius 3 is 2.44 bits per heavy atom. The van der Waals surface area contributed by atoms with Gasteiger partial charge in [-0.05, 0) is 55.2 Å². The van der Waals surface area contributed by atoms with E-state index in [9.17, 15) is 19.7 Å². The Balaban J connectivity index is 1.62. The smallest absolute Gasteiger partial charge is 0.269 e. The monoisotopic (exact) mass is 559 g/mol. The Labute approximate surface area is 240 Å². The van der Waals surface area contributed by atoms with E-state index in [1.807, 2.05) is 43.3 Å². The van der Waals surface area contributed by atoms with Crippen LogP contribution in [0.2, 0.25) is 0 Å². The second kappa shape index (κ2) is 13.9. The van der Waals surface area contributed by atoms with E-state index < -0.39 is 11.0 Å². The van der Waals surface area contributed by atoms with E-state index in [2.05, 4.69) is 10.2 Å². The number of nitro groups is 1. The Morgan fingerprint density at radius 2 is 1.78 bits per heavy atom. The quantitative estimate of drug-likeness (QED) is 0.271. The minimum atomic E-state index is -0.668. The van der Waals surface area contributed by atoms with E-state index >= 15 is 0 Å². The number of benzene rings is 3. The number of nitrogens with zero attached hydrogens (tertiary/aromatic N) is 3. The van der Waals surface area contributed by atoms with E-state index in [4.69, 9.17) is 10.5 Å². The molecule has 1 aliphatic rings. The molecular formula is C31H37N5O5. The number of likely N-dealkylation sites (tertiary alicyclic amines) is 1. The lowest BCUT2D eigenvalue weighted by Crippen LogP contribution is -2.57. The average molecular weight is 560 g/mol. The third-order valence-corrected chi connectivity index (χ3v) is 7.45. The predicted molar refractivity (Wildman–Crippen MR) is 156 cm³/mol. The summed E-state index contributed by atoms with van der Waals surface area (Å²) in [6.45, 7) is 4.08. The molecular weight excluding hydrogens is 522 g/mol. The van der Waals surface area contributed by atoms with Crippen LogP contribution in [0.5, 0.6) is 5.75 Å². The zero-order valence-electron chi connectivity index (χ0n) is 23.5. The number of rotatable bonds is 11. The fourth-order valence-electron chi connectivity index (χ4n) is 5.22. The molecule has 0 radical (unpaired) electrons. The van der Waals surface area contributed by atoms with Gasteiger partial charge in [0.05, 0.1) is 12.0 Å².